The van der Waals surface area contributed by atoms with Crippen molar-refractivity contribution in [1.82, 2.24) is 0 Å². The SMILES string of the molecule is N#C[C@H](CCCBr)c1cccc2ccccc12. The van der Waals surface area contributed by atoms with Crippen LogP contribution in [0.25, 0.3) is 10.8 Å². The molecule has 0 aliphatic heterocycles. The highest BCUT2D eigenvalue weighted by molar-refractivity contribution is 9.09. The highest BCUT2D eigenvalue weighted by Crippen LogP contribution is 2.28. The molecule has 1 nitrogen and oxygen atoms in total. The van der Waals surface area contributed by atoms with E-state index in [0.29, 0.717) is 0 Å². The molecule has 0 amide bonds. The van der Waals surface area contributed by atoms with Gasteiger partial charge in [-0.2, -0.15) is 5.26 Å². The van der Waals surface area contributed by atoms with Crippen molar-refractivity contribution in [3.8, 4) is 6.07 Å². The first-order valence-corrected chi connectivity index (χ1v) is 6.92. The van der Waals surface area contributed by atoms with Crippen LogP contribution in [0, 0.1) is 11.3 Å². The van der Waals surface area contributed by atoms with E-state index in [-0.39, 0.29) is 5.92 Å². The molecule has 0 aliphatic rings. The third-order valence-electron chi connectivity index (χ3n) is 2.98. The van der Waals surface area contributed by atoms with E-state index in [2.05, 4.69) is 46.3 Å². The summed E-state index contributed by atoms with van der Waals surface area (Å²) in [5.41, 5.74) is 1.16. The minimum absolute atomic E-state index is 0.00125. The zero-order valence-corrected chi connectivity index (χ0v) is 11.2. The van der Waals surface area contributed by atoms with Crippen molar-refractivity contribution < 1.29 is 0 Å². The van der Waals surface area contributed by atoms with Crippen molar-refractivity contribution in [1.29, 1.82) is 5.26 Å². The second-order valence-electron chi connectivity index (χ2n) is 4.08. The van der Waals surface area contributed by atoms with Gasteiger partial charge in [0.2, 0.25) is 0 Å². The fourth-order valence-electron chi connectivity index (χ4n) is 2.13. The number of halogens is 1. The normalized spacial score (nSPS) is 12.2. The zero-order valence-electron chi connectivity index (χ0n) is 9.57. The van der Waals surface area contributed by atoms with E-state index >= 15 is 0 Å². The van der Waals surface area contributed by atoms with Gasteiger partial charge in [0.1, 0.15) is 0 Å². The molecule has 0 fully saturated rings. The van der Waals surface area contributed by atoms with Gasteiger partial charge >= 0.3 is 0 Å². The quantitative estimate of drug-likeness (QED) is 0.753. The van der Waals surface area contributed by atoms with Crippen LogP contribution in [0.15, 0.2) is 42.5 Å². The first-order chi connectivity index (χ1) is 8.36. The maximum absolute atomic E-state index is 9.30. The molecule has 0 saturated heterocycles. The van der Waals surface area contributed by atoms with Crippen LogP contribution in [0.5, 0.6) is 0 Å². The summed E-state index contributed by atoms with van der Waals surface area (Å²) in [6, 6.07) is 16.9. The number of nitrogens with zero attached hydrogens (tertiary/aromatic N) is 1. The van der Waals surface area contributed by atoms with Gasteiger partial charge in [-0.1, -0.05) is 58.4 Å². The molecular formula is C15H14BrN. The molecular weight excluding hydrogens is 274 g/mol. The van der Waals surface area contributed by atoms with E-state index in [1.807, 2.05) is 18.2 Å². The number of nitriles is 1. The summed E-state index contributed by atoms with van der Waals surface area (Å²) in [5.74, 6) is -0.00125. The van der Waals surface area contributed by atoms with Gasteiger partial charge in [-0.15, -0.1) is 0 Å². The number of benzene rings is 2. The Balaban J connectivity index is 2.43. The number of hydrogen-bond donors (Lipinski definition) is 0. The lowest BCUT2D eigenvalue weighted by molar-refractivity contribution is 0.739. The summed E-state index contributed by atoms with van der Waals surface area (Å²) in [6.07, 6.45) is 1.94. The molecule has 0 spiro atoms. The monoisotopic (exact) mass is 287 g/mol. The topological polar surface area (TPSA) is 23.8 Å². The fourth-order valence-corrected chi connectivity index (χ4v) is 2.45. The molecule has 0 saturated carbocycles. The Bertz CT molecular complexity index is 537. The van der Waals surface area contributed by atoms with E-state index < -0.39 is 0 Å². The number of fused-ring (bicyclic) bond motifs is 1. The van der Waals surface area contributed by atoms with Crippen molar-refractivity contribution >= 4 is 26.7 Å². The third-order valence-corrected chi connectivity index (χ3v) is 3.54. The standard InChI is InChI=1S/C15H14BrN/c16-10-4-7-13(11-17)15-9-3-6-12-5-1-2-8-14(12)15/h1-3,5-6,8-9,13H,4,7,10H2/t13-/m0/s1. The van der Waals surface area contributed by atoms with Gasteiger partial charge in [0, 0.05) is 5.33 Å². The highest BCUT2D eigenvalue weighted by Gasteiger charge is 2.12. The summed E-state index contributed by atoms with van der Waals surface area (Å²) in [4.78, 5) is 0. The van der Waals surface area contributed by atoms with Crippen LogP contribution < -0.4 is 0 Å². The molecule has 1 atom stereocenters. The molecule has 0 radical (unpaired) electrons. The second-order valence-corrected chi connectivity index (χ2v) is 4.87. The van der Waals surface area contributed by atoms with Crippen LogP contribution in [0.2, 0.25) is 0 Å². The number of rotatable bonds is 4. The molecule has 0 N–H and O–H groups in total. The van der Waals surface area contributed by atoms with Gasteiger partial charge in [0.05, 0.1) is 12.0 Å². The molecule has 2 rings (SSSR count). The van der Waals surface area contributed by atoms with Crippen molar-refractivity contribution in [2.24, 2.45) is 0 Å². The molecule has 0 aromatic heterocycles. The van der Waals surface area contributed by atoms with Gasteiger partial charge < -0.3 is 0 Å². The Morgan fingerprint density at radius 2 is 1.88 bits per heavy atom. The molecule has 0 aliphatic carbocycles. The molecule has 2 aromatic rings. The molecule has 0 unspecified atom stereocenters. The van der Waals surface area contributed by atoms with Crippen LogP contribution in [0.1, 0.15) is 24.3 Å². The van der Waals surface area contributed by atoms with Gasteiger partial charge in [-0.25, -0.2) is 0 Å². The van der Waals surface area contributed by atoms with Crippen molar-refractivity contribution in [2.45, 2.75) is 18.8 Å². The Labute approximate surface area is 110 Å². The van der Waals surface area contributed by atoms with Crippen LogP contribution >= 0.6 is 15.9 Å². The van der Waals surface area contributed by atoms with Gasteiger partial charge in [-0.3, -0.25) is 0 Å². The Morgan fingerprint density at radius 3 is 2.65 bits per heavy atom. The summed E-state index contributed by atoms with van der Waals surface area (Å²) in [7, 11) is 0. The molecule has 0 heterocycles. The molecule has 0 bridgehead atoms. The summed E-state index contributed by atoms with van der Waals surface area (Å²) in [5, 5.41) is 12.7. The van der Waals surface area contributed by atoms with Crippen molar-refractivity contribution in [3.63, 3.8) is 0 Å². The summed E-state index contributed by atoms with van der Waals surface area (Å²) >= 11 is 3.42. The summed E-state index contributed by atoms with van der Waals surface area (Å²) in [6.45, 7) is 0. The summed E-state index contributed by atoms with van der Waals surface area (Å²) < 4.78 is 0. The predicted octanol–water partition coefficient (Wildman–Crippen LogP) is 4.62. The lowest BCUT2D eigenvalue weighted by atomic mass is 9.91. The lowest BCUT2D eigenvalue weighted by Gasteiger charge is -2.11. The van der Waals surface area contributed by atoms with Gasteiger partial charge in [0.25, 0.3) is 0 Å². The smallest absolute Gasteiger partial charge is 0.0719 e. The second kappa shape index (κ2) is 5.84. The largest absolute Gasteiger partial charge is 0.198 e. The number of alkyl halides is 1. The van der Waals surface area contributed by atoms with Crippen LogP contribution in [0.4, 0.5) is 0 Å². The Morgan fingerprint density at radius 1 is 1.12 bits per heavy atom. The van der Waals surface area contributed by atoms with Gasteiger partial charge in [-0.05, 0) is 29.2 Å². The first-order valence-electron chi connectivity index (χ1n) is 5.80. The van der Waals surface area contributed by atoms with Crippen molar-refractivity contribution in [2.75, 3.05) is 5.33 Å². The van der Waals surface area contributed by atoms with E-state index in [4.69, 9.17) is 0 Å². The van der Waals surface area contributed by atoms with Crippen LogP contribution in [-0.2, 0) is 0 Å². The van der Waals surface area contributed by atoms with E-state index in [1.54, 1.807) is 0 Å². The molecule has 2 aromatic carbocycles. The fraction of sp³-hybridized carbons (Fsp3) is 0.267. The maximum atomic E-state index is 9.30. The Hall–Kier alpha value is -1.33. The zero-order chi connectivity index (χ0) is 12.1. The minimum Gasteiger partial charge on any atom is -0.198 e. The van der Waals surface area contributed by atoms with E-state index in [9.17, 15) is 5.26 Å². The van der Waals surface area contributed by atoms with Crippen LogP contribution in [-0.4, -0.2) is 5.33 Å². The van der Waals surface area contributed by atoms with E-state index in [0.717, 1.165) is 23.7 Å². The first kappa shape index (κ1) is 12.1. The molecule has 17 heavy (non-hydrogen) atoms. The number of hydrogen-bond acceptors (Lipinski definition) is 1. The predicted molar refractivity (Wildman–Crippen MR) is 75.3 cm³/mol. The lowest BCUT2D eigenvalue weighted by Crippen LogP contribution is -1.97. The maximum Gasteiger partial charge on any atom is 0.0719 e. The van der Waals surface area contributed by atoms with Crippen molar-refractivity contribution in [3.05, 3.63) is 48.0 Å². The van der Waals surface area contributed by atoms with Gasteiger partial charge in [0.15, 0.2) is 0 Å². The van der Waals surface area contributed by atoms with E-state index in [1.165, 1.54) is 10.8 Å². The average molecular weight is 288 g/mol. The van der Waals surface area contributed by atoms with Crippen LogP contribution in [0.3, 0.4) is 0 Å². The Kier molecular flexibility index (Phi) is 4.17. The molecule has 86 valence electrons. The molecule has 2 heteroatoms. The highest BCUT2D eigenvalue weighted by atomic mass is 79.9. The minimum atomic E-state index is -0.00125. The third kappa shape index (κ3) is 2.68. The average Bonchev–Trinajstić information content (AvgIpc) is 2.40.